The number of rotatable bonds is 4. The number of hydrogen-bond acceptors (Lipinski definition) is 6. The van der Waals surface area contributed by atoms with Gasteiger partial charge in [-0.15, -0.1) is 11.3 Å². The minimum atomic E-state index is -0.556. The summed E-state index contributed by atoms with van der Waals surface area (Å²) in [4.78, 5) is 25.3. The topological polar surface area (TPSA) is 111 Å². The average Bonchev–Trinajstić information content (AvgIpc) is 3.34. The number of nitrogen functional groups attached to an aromatic ring is 1. The monoisotopic (exact) mass is 465 g/mol. The highest BCUT2D eigenvalue weighted by molar-refractivity contribution is 7.14. The second-order valence-electron chi connectivity index (χ2n) is 9.20. The third-order valence-corrected chi connectivity index (χ3v) is 6.36. The van der Waals surface area contributed by atoms with Crippen LogP contribution < -0.4 is 16.4 Å². The lowest BCUT2D eigenvalue weighted by atomic mass is 9.93. The second kappa shape index (κ2) is 7.80. The Balaban J connectivity index is 1.38. The first-order chi connectivity index (χ1) is 15.7. The van der Waals surface area contributed by atoms with Gasteiger partial charge in [0.25, 0.3) is 0 Å². The summed E-state index contributed by atoms with van der Waals surface area (Å²) in [7, 11) is 0. The standard InChI is InChI=1S/C23H24FN7OS/c1-23(2,3)17-10-33-22(29-17)30-21(32)28-16-7-4-12(8-15(16)24)14-9-31(13-5-6-13)20-18(14)19(25)26-11-27-20/h4,7-11,13H,5-6H2,1-3H3,(H2,25,26,27)(H2,28,29,30,32). The average molecular weight is 466 g/mol. The van der Waals surface area contributed by atoms with Crippen LogP contribution in [0, 0.1) is 5.82 Å². The van der Waals surface area contributed by atoms with Crippen LogP contribution in [-0.2, 0) is 5.41 Å². The van der Waals surface area contributed by atoms with Crippen LogP contribution in [0.4, 0.5) is 25.8 Å². The molecule has 4 aromatic rings. The zero-order valence-electron chi connectivity index (χ0n) is 18.5. The number of nitrogens with one attached hydrogen (secondary N) is 2. The van der Waals surface area contributed by atoms with Crippen LogP contribution in [0.3, 0.4) is 0 Å². The Morgan fingerprint density at radius 1 is 1.24 bits per heavy atom. The molecular formula is C23H24FN7OS. The van der Waals surface area contributed by atoms with Crippen molar-refractivity contribution in [3.8, 4) is 11.1 Å². The number of nitrogens with two attached hydrogens (primary N) is 1. The number of hydrogen-bond donors (Lipinski definition) is 3. The van der Waals surface area contributed by atoms with Crippen molar-refractivity contribution in [2.24, 2.45) is 0 Å². The molecule has 1 aliphatic carbocycles. The van der Waals surface area contributed by atoms with Crippen LogP contribution >= 0.6 is 11.3 Å². The van der Waals surface area contributed by atoms with Gasteiger partial charge in [-0.3, -0.25) is 5.32 Å². The normalized spacial score (nSPS) is 13.9. The highest BCUT2D eigenvalue weighted by atomic mass is 32.1. The largest absolute Gasteiger partial charge is 0.383 e. The van der Waals surface area contributed by atoms with Crippen molar-refractivity contribution in [2.75, 3.05) is 16.4 Å². The van der Waals surface area contributed by atoms with Gasteiger partial charge in [0.05, 0.1) is 16.8 Å². The Hall–Kier alpha value is -3.53. The van der Waals surface area contributed by atoms with Crippen LogP contribution in [0.5, 0.6) is 0 Å². The molecule has 10 heteroatoms. The summed E-state index contributed by atoms with van der Waals surface area (Å²) in [5, 5.41) is 8.29. The van der Waals surface area contributed by atoms with Gasteiger partial charge in [0, 0.05) is 28.6 Å². The predicted molar refractivity (Wildman–Crippen MR) is 129 cm³/mol. The van der Waals surface area contributed by atoms with Crippen LogP contribution in [0.15, 0.2) is 36.1 Å². The quantitative estimate of drug-likeness (QED) is 0.366. The van der Waals surface area contributed by atoms with Crippen molar-refractivity contribution >= 4 is 45.0 Å². The number of amides is 2. The third kappa shape index (κ3) is 4.13. The van der Waals surface area contributed by atoms with Gasteiger partial charge in [0.2, 0.25) is 0 Å². The molecule has 1 aromatic carbocycles. The molecule has 0 radical (unpaired) electrons. The van der Waals surface area contributed by atoms with E-state index in [4.69, 9.17) is 5.73 Å². The number of halogens is 1. The zero-order chi connectivity index (χ0) is 23.3. The molecule has 0 unspecified atom stereocenters. The lowest BCUT2D eigenvalue weighted by Crippen LogP contribution is -2.20. The summed E-state index contributed by atoms with van der Waals surface area (Å²) in [5.41, 5.74) is 9.12. The number of carbonyl (C=O) groups excluding carboxylic acids is 1. The highest BCUT2D eigenvalue weighted by Crippen LogP contribution is 2.42. The maximum absolute atomic E-state index is 14.9. The first-order valence-corrected chi connectivity index (χ1v) is 11.5. The summed E-state index contributed by atoms with van der Waals surface area (Å²) < 4.78 is 17.0. The van der Waals surface area contributed by atoms with Gasteiger partial charge in [-0.2, -0.15) is 0 Å². The first kappa shape index (κ1) is 21.3. The third-order valence-electron chi connectivity index (χ3n) is 5.60. The minimum absolute atomic E-state index is 0.0685. The Labute approximate surface area is 194 Å². The summed E-state index contributed by atoms with van der Waals surface area (Å²) in [6, 6.07) is 4.49. The maximum atomic E-state index is 14.9. The van der Waals surface area contributed by atoms with E-state index in [2.05, 4.69) is 30.2 Å². The number of thiazole rings is 1. The molecule has 33 heavy (non-hydrogen) atoms. The van der Waals surface area contributed by atoms with Crippen LogP contribution in [-0.4, -0.2) is 25.6 Å². The Morgan fingerprint density at radius 3 is 2.70 bits per heavy atom. The van der Waals surface area contributed by atoms with Gasteiger partial charge in [-0.1, -0.05) is 26.8 Å². The van der Waals surface area contributed by atoms with Crippen molar-refractivity contribution in [3.63, 3.8) is 0 Å². The summed E-state index contributed by atoms with van der Waals surface area (Å²) in [6.07, 6.45) is 5.56. The fourth-order valence-corrected chi connectivity index (χ4v) is 4.60. The molecule has 0 bridgehead atoms. The van der Waals surface area contributed by atoms with E-state index in [1.54, 1.807) is 6.07 Å². The molecule has 4 N–H and O–H groups in total. The smallest absolute Gasteiger partial charge is 0.325 e. The Morgan fingerprint density at radius 2 is 2.03 bits per heavy atom. The van der Waals surface area contributed by atoms with Gasteiger partial charge in [-0.05, 0) is 30.5 Å². The van der Waals surface area contributed by atoms with E-state index < -0.39 is 11.8 Å². The molecule has 170 valence electrons. The fourth-order valence-electron chi connectivity index (χ4n) is 3.67. The second-order valence-corrected chi connectivity index (χ2v) is 10.1. The lowest BCUT2D eigenvalue weighted by Gasteiger charge is -2.14. The van der Waals surface area contributed by atoms with Crippen molar-refractivity contribution in [1.82, 2.24) is 19.5 Å². The van der Waals surface area contributed by atoms with Gasteiger partial charge in [0.1, 0.15) is 23.6 Å². The molecular weight excluding hydrogens is 441 g/mol. The van der Waals surface area contributed by atoms with Crippen molar-refractivity contribution in [1.29, 1.82) is 0 Å². The molecule has 1 aliphatic rings. The lowest BCUT2D eigenvalue weighted by molar-refractivity contribution is 0.262. The van der Waals surface area contributed by atoms with Crippen molar-refractivity contribution in [2.45, 2.75) is 45.1 Å². The molecule has 0 spiro atoms. The SMILES string of the molecule is CC(C)(C)c1csc(NC(=O)Nc2ccc(-c3cn(C4CC4)c4ncnc(N)c34)cc2F)n1. The fraction of sp³-hybridized carbons (Fsp3) is 0.304. The molecule has 0 aliphatic heterocycles. The van der Waals surface area contributed by atoms with E-state index in [-0.39, 0.29) is 11.1 Å². The number of nitrogens with zero attached hydrogens (tertiary/aromatic N) is 4. The van der Waals surface area contributed by atoms with Gasteiger partial charge in [-0.25, -0.2) is 24.1 Å². The molecule has 1 saturated carbocycles. The van der Waals surface area contributed by atoms with E-state index in [1.807, 2.05) is 32.3 Å². The maximum Gasteiger partial charge on any atom is 0.325 e. The Bertz CT molecular complexity index is 1370. The van der Waals surface area contributed by atoms with E-state index in [0.29, 0.717) is 27.9 Å². The zero-order valence-corrected chi connectivity index (χ0v) is 19.3. The van der Waals surface area contributed by atoms with Crippen LogP contribution in [0.2, 0.25) is 0 Å². The summed E-state index contributed by atoms with van der Waals surface area (Å²) >= 11 is 1.33. The van der Waals surface area contributed by atoms with Crippen LogP contribution in [0.1, 0.15) is 45.3 Å². The van der Waals surface area contributed by atoms with Crippen molar-refractivity contribution in [3.05, 3.63) is 47.6 Å². The molecule has 2 amide bonds. The van der Waals surface area contributed by atoms with E-state index in [1.165, 1.54) is 29.8 Å². The number of fused-ring (bicyclic) bond motifs is 1. The molecule has 5 rings (SSSR count). The molecule has 0 atom stereocenters. The first-order valence-electron chi connectivity index (χ1n) is 10.7. The minimum Gasteiger partial charge on any atom is -0.383 e. The van der Waals surface area contributed by atoms with Gasteiger partial charge >= 0.3 is 6.03 Å². The molecule has 8 nitrogen and oxygen atoms in total. The van der Waals surface area contributed by atoms with Gasteiger partial charge in [0.15, 0.2) is 5.13 Å². The van der Waals surface area contributed by atoms with E-state index in [9.17, 15) is 9.18 Å². The van der Waals surface area contributed by atoms with Gasteiger partial charge < -0.3 is 15.6 Å². The molecule has 3 aromatic heterocycles. The highest BCUT2D eigenvalue weighted by Gasteiger charge is 2.28. The summed E-state index contributed by atoms with van der Waals surface area (Å²) in [5.74, 6) is -0.200. The Kier molecular flexibility index (Phi) is 5.04. The molecule has 3 heterocycles. The van der Waals surface area contributed by atoms with Crippen LogP contribution in [0.25, 0.3) is 22.2 Å². The molecule has 1 fully saturated rings. The number of anilines is 3. The van der Waals surface area contributed by atoms with Crippen molar-refractivity contribution < 1.29 is 9.18 Å². The number of aromatic nitrogens is 4. The molecule has 0 saturated heterocycles. The number of benzene rings is 1. The number of urea groups is 1. The van der Waals surface area contributed by atoms with E-state index >= 15 is 0 Å². The van der Waals surface area contributed by atoms with E-state index in [0.717, 1.165) is 29.7 Å². The summed E-state index contributed by atoms with van der Waals surface area (Å²) in [6.45, 7) is 6.14. The predicted octanol–water partition coefficient (Wildman–Crippen LogP) is 5.55. The number of carbonyl (C=O) groups is 1.